The van der Waals surface area contributed by atoms with Gasteiger partial charge in [-0.3, -0.25) is 4.79 Å². The molecule has 1 atom stereocenters. The number of nitrogens with one attached hydrogen (secondary N) is 1. The molecule has 8 heteroatoms. The number of aromatic amines is 1. The van der Waals surface area contributed by atoms with Crippen molar-refractivity contribution in [2.45, 2.75) is 12.5 Å². The van der Waals surface area contributed by atoms with Crippen molar-refractivity contribution in [3.63, 3.8) is 0 Å². The van der Waals surface area contributed by atoms with E-state index in [1.165, 1.54) is 36.6 Å². The molecule has 0 amide bonds. The van der Waals surface area contributed by atoms with Crippen LogP contribution in [0.5, 0.6) is 5.75 Å². The Hall–Kier alpha value is -3.94. The van der Waals surface area contributed by atoms with Gasteiger partial charge in [0.05, 0.1) is 10.9 Å². The molecule has 6 nitrogen and oxygen atoms in total. The molecule has 0 aliphatic rings. The number of carbonyl (C=O) groups excluding carboxylic acids is 1. The molecule has 3 aromatic carbocycles. The van der Waals surface area contributed by atoms with Crippen molar-refractivity contribution in [3.05, 3.63) is 101 Å². The molecule has 0 saturated carbocycles. The van der Waals surface area contributed by atoms with Crippen molar-refractivity contribution in [2.24, 2.45) is 5.73 Å². The minimum atomic E-state index is -0.879. The zero-order valence-electron chi connectivity index (χ0n) is 17.8. The first-order valence-corrected chi connectivity index (χ1v) is 10.3. The Morgan fingerprint density at radius 2 is 1.79 bits per heavy atom. The summed E-state index contributed by atoms with van der Waals surface area (Å²) >= 11 is 0. The summed E-state index contributed by atoms with van der Waals surface area (Å²) in [4.78, 5) is 28.6. The molecule has 0 radical (unpaired) electrons. The second-order valence-electron chi connectivity index (χ2n) is 7.71. The van der Waals surface area contributed by atoms with Crippen molar-refractivity contribution in [1.29, 1.82) is 0 Å². The predicted molar refractivity (Wildman–Crippen MR) is 131 cm³/mol. The van der Waals surface area contributed by atoms with Crippen LogP contribution < -0.4 is 15.9 Å². The molecule has 0 aliphatic carbocycles. The Kier molecular flexibility index (Phi) is 6.49. The van der Waals surface area contributed by atoms with Gasteiger partial charge in [-0.1, -0.05) is 36.4 Å². The molecule has 0 spiro atoms. The lowest BCUT2D eigenvalue weighted by Crippen LogP contribution is -2.36. The van der Waals surface area contributed by atoms with Crippen LogP contribution in [0.2, 0.25) is 0 Å². The third-order valence-electron chi connectivity index (χ3n) is 5.55. The number of halogens is 2. The fraction of sp³-hybridized carbons (Fsp3) is 0.0769. The summed E-state index contributed by atoms with van der Waals surface area (Å²) in [7, 11) is 0. The highest BCUT2D eigenvalue weighted by Gasteiger charge is 2.19. The average Bonchev–Trinajstić information content (AvgIpc) is 3.23. The first-order valence-electron chi connectivity index (χ1n) is 10.3. The van der Waals surface area contributed by atoms with Crippen molar-refractivity contribution in [2.75, 3.05) is 0 Å². The molecule has 0 saturated heterocycles. The Morgan fingerprint density at radius 3 is 2.62 bits per heavy atom. The molecule has 34 heavy (non-hydrogen) atoms. The van der Waals surface area contributed by atoms with E-state index < -0.39 is 17.8 Å². The van der Waals surface area contributed by atoms with E-state index in [0.29, 0.717) is 6.42 Å². The zero-order valence-corrected chi connectivity index (χ0v) is 18.6. The fourth-order valence-corrected chi connectivity index (χ4v) is 3.85. The Balaban J connectivity index is 0.00000274. The van der Waals surface area contributed by atoms with E-state index in [1.807, 2.05) is 30.5 Å². The summed E-state index contributed by atoms with van der Waals surface area (Å²) in [5, 5.41) is 1.25. The van der Waals surface area contributed by atoms with Crippen LogP contribution >= 0.6 is 12.4 Å². The lowest BCUT2D eigenvalue weighted by atomic mass is 10.0. The molecule has 1 unspecified atom stereocenters. The number of benzene rings is 3. The van der Waals surface area contributed by atoms with Crippen LogP contribution in [0, 0.1) is 5.82 Å². The molecular formula is C26H20ClFN2O4. The van der Waals surface area contributed by atoms with E-state index in [1.54, 1.807) is 12.1 Å². The van der Waals surface area contributed by atoms with Crippen LogP contribution in [-0.4, -0.2) is 17.0 Å². The number of esters is 1. The maximum Gasteiger partial charge on any atom is 0.328 e. The molecule has 2 aromatic heterocycles. The highest BCUT2D eigenvalue weighted by molar-refractivity contribution is 5.86. The topological polar surface area (TPSA) is 98.3 Å². The molecule has 0 fully saturated rings. The first-order chi connectivity index (χ1) is 16.0. The molecule has 5 aromatic rings. The first kappa shape index (κ1) is 23.2. The highest BCUT2D eigenvalue weighted by Crippen LogP contribution is 2.25. The molecule has 3 N–H and O–H groups in total. The molecule has 2 heterocycles. The number of aromatic nitrogens is 1. The Labute approximate surface area is 199 Å². The molecule has 0 bridgehead atoms. The van der Waals surface area contributed by atoms with Crippen LogP contribution in [0.4, 0.5) is 4.39 Å². The number of rotatable bonds is 5. The number of fused-ring (bicyclic) bond motifs is 2. The van der Waals surface area contributed by atoms with Gasteiger partial charge in [0.15, 0.2) is 0 Å². The highest BCUT2D eigenvalue weighted by atomic mass is 35.5. The van der Waals surface area contributed by atoms with Crippen LogP contribution in [0.1, 0.15) is 5.56 Å². The van der Waals surface area contributed by atoms with Crippen LogP contribution in [0.3, 0.4) is 0 Å². The van der Waals surface area contributed by atoms with E-state index >= 15 is 0 Å². The van der Waals surface area contributed by atoms with E-state index in [9.17, 15) is 14.0 Å². The van der Waals surface area contributed by atoms with E-state index in [-0.39, 0.29) is 45.7 Å². The van der Waals surface area contributed by atoms with Crippen LogP contribution in [0.25, 0.3) is 33.0 Å². The van der Waals surface area contributed by atoms with Gasteiger partial charge < -0.3 is 19.9 Å². The minimum Gasteiger partial charge on any atom is -0.463 e. The monoisotopic (exact) mass is 478 g/mol. The van der Waals surface area contributed by atoms with E-state index in [0.717, 1.165) is 16.5 Å². The number of para-hydroxylation sites is 1. The SMILES string of the molecule is Cl.NC(Cc1c[nH]c2ccccc12)C(=O)Oc1ccc2c(=O)c(-c3ccccc3F)coc2c1. The normalized spacial score (nSPS) is 11.8. The van der Waals surface area contributed by atoms with Gasteiger partial charge in [-0.15, -0.1) is 12.4 Å². The molecular weight excluding hydrogens is 459 g/mol. The number of carbonyl (C=O) groups is 1. The number of hydrogen-bond acceptors (Lipinski definition) is 5. The quantitative estimate of drug-likeness (QED) is 0.274. The standard InChI is InChI=1S/C26H19FN2O4.ClH/c27-21-7-3-1-6-18(21)20-14-32-24-12-16(9-10-19(24)25(20)30)33-26(31)22(28)11-15-13-29-23-8-4-2-5-17(15)23;/h1-10,12-14,22,29H,11,28H2;1H. The van der Waals surface area contributed by atoms with Gasteiger partial charge in [0.25, 0.3) is 0 Å². The van der Waals surface area contributed by atoms with Crippen LogP contribution in [0.15, 0.2) is 88.4 Å². The van der Waals surface area contributed by atoms with E-state index in [4.69, 9.17) is 14.9 Å². The van der Waals surface area contributed by atoms with Crippen molar-refractivity contribution in [1.82, 2.24) is 4.98 Å². The summed E-state index contributed by atoms with van der Waals surface area (Å²) in [6.07, 6.45) is 3.34. The predicted octanol–water partition coefficient (Wildman–Crippen LogP) is 4.98. The third kappa shape index (κ3) is 4.31. The minimum absolute atomic E-state index is 0. The molecule has 172 valence electrons. The van der Waals surface area contributed by atoms with Gasteiger partial charge in [-0.2, -0.15) is 0 Å². The summed E-state index contributed by atoms with van der Waals surface area (Å²) in [5.41, 5.74) is 8.08. The van der Waals surface area contributed by atoms with E-state index in [2.05, 4.69) is 4.98 Å². The lowest BCUT2D eigenvalue weighted by Gasteiger charge is -2.11. The Morgan fingerprint density at radius 1 is 1.03 bits per heavy atom. The van der Waals surface area contributed by atoms with Gasteiger partial charge >= 0.3 is 5.97 Å². The summed E-state index contributed by atoms with van der Waals surface area (Å²) < 4.78 is 25.1. The second kappa shape index (κ2) is 9.51. The maximum absolute atomic E-state index is 14.1. The van der Waals surface area contributed by atoms with Gasteiger partial charge in [0, 0.05) is 35.2 Å². The van der Waals surface area contributed by atoms with Gasteiger partial charge in [-0.25, -0.2) is 9.18 Å². The molecule has 5 rings (SSSR count). The number of ether oxygens (including phenoxy) is 1. The third-order valence-corrected chi connectivity index (χ3v) is 5.55. The van der Waals surface area contributed by atoms with Crippen LogP contribution in [-0.2, 0) is 11.2 Å². The summed E-state index contributed by atoms with van der Waals surface area (Å²) in [5.74, 6) is -0.924. The zero-order chi connectivity index (χ0) is 22.9. The summed E-state index contributed by atoms with van der Waals surface area (Å²) in [6, 6.07) is 17.3. The lowest BCUT2D eigenvalue weighted by molar-refractivity contribution is -0.135. The summed E-state index contributed by atoms with van der Waals surface area (Å²) in [6.45, 7) is 0. The number of H-pyrrole nitrogens is 1. The second-order valence-corrected chi connectivity index (χ2v) is 7.71. The Bertz CT molecular complexity index is 1560. The van der Waals surface area contributed by atoms with Crippen molar-refractivity contribution >= 4 is 40.2 Å². The number of nitrogens with two attached hydrogens (primary N) is 1. The maximum atomic E-state index is 14.1. The van der Waals surface area contributed by atoms with Gasteiger partial charge in [0.1, 0.15) is 29.5 Å². The fourth-order valence-electron chi connectivity index (χ4n) is 3.85. The number of hydrogen-bond donors (Lipinski definition) is 2. The van der Waals surface area contributed by atoms with Gasteiger partial charge in [0.2, 0.25) is 5.43 Å². The smallest absolute Gasteiger partial charge is 0.328 e. The largest absolute Gasteiger partial charge is 0.463 e. The average molecular weight is 479 g/mol. The molecule has 0 aliphatic heterocycles. The van der Waals surface area contributed by atoms with Crippen molar-refractivity contribution in [3.8, 4) is 16.9 Å². The van der Waals surface area contributed by atoms with Gasteiger partial charge in [-0.05, 0) is 29.8 Å². The van der Waals surface area contributed by atoms with Crippen molar-refractivity contribution < 1.29 is 18.3 Å².